The van der Waals surface area contributed by atoms with E-state index in [1.807, 2.05) is 6.92 Å². The molecular formula is C13H16N2O4. The number of carbonyl (C=O) groups excluding carboxylic acids is 2. The molecule has 6 heteroatoms. The summed E-state index contributed by atoms with van der Waals surface area (Å²) in [5.74, 6) is -0.125. The molecule has 1 aliphatic rings. The van der Waals surface area contributed by atoms with Crippen molar-refractivity contribution in [2.75, 3.05) is 25.1 Å². The van der Waals surface area contributed by atoms with Crippen LogP contribution in [0.3, 0.4) is 0 Å². The van der Waals surface area contributed by atoms with E-state index in [1.54, 1.807) is 18.2 Å². The SMILES string of the molecule is CCCNC(=O)C(=O)Nc1ccc2c(c1)OCCO2. The molecule has 102 valence electrons. The first-order chi connectivity index (χ1) is 9.20. The fraction of sp³-hybridized carbons (Fsp3) is 0.385. The first-order valence-corrected chi connectivity index (χ1v) is 6.19. The number of anilines is 1. The lowest BCUT2D eigenvalue weighted by Gasteiger charge is -2.18. The van der Waals surface area contributed by atoms with Crippen LogP contribution in [0.4, 0.5) is 5.69 Å². The van der Waals surface area contributed by atoms with Gasteiger partial charge in [0.1, 0.15) is 13.2 Å². The van der Waals surface area contributed by atoms with Crippen LogP contribution in [0, 0.1) is 0 Å². The third-order valence-corrected chi connectivity index (χ3v) is 2.54. The molecule has 1 aromatic rings. The average molecular weight is 264 g/mol. The second-order valence-corrected chi connectivity index (χ2v) is 4.07. The van der Waals surface area contributed by atoms with Gasteiger partial charge in [0.05, 0.1) is 0 Å². The van der Waals surface area contributed by atoms with Crippen molar-refractivity contribution >= 4 is 17.5 Å². The number of rotatable bonds is 3. The Morgan fingerprint density at radius 3 is 2.63 bits per heavy atom. The van der Waals surface area contributed by atoms with E-state index in [0.717, 1.165) is 6.42 Å². The Morgan fingerprint density at radius 1 is 1.16 bits per heavy atom. The number of hydrogen-bond acceptors (Lipinski definition) is 4. The van der Waals surface area contributed by atoms with E-state index in [1.165, 1.54) is 0 Å². The van der Waals surface area contributed by atoms with Crippen molar-refractivity contribution < 1.29 is 19.1 Å². The Bertz CT molecular complexity index is 488. The lowest BCUT2D eigenvalue weighted by atomic mass is 10.2. The molecule has 0 spiro atoms. The monoisotopic (exact) mass is 264 g/mol. The van der Waals surface area contributed by atoms with Gasteiger partial charge in [0, 0.05) is 18.3 Å². The predicted octanol–water partition coefficient (Wildman–Crippen LogP) is 0.922. The van der Waals surface area contributed by atoms with Gasteiger partial charge >= 0.3 is 11.8 Å². The summed E-state index contributed by atoms with van der Waals surface area (Å²) < 4.78 is 10.8. The molecule has 2 amide bonds. The van der Waals surface area contributed by atoms with Gasteiger partial charge in [-0.05, 0) is 18.6 Å². The largest absolute Gasteiger partial charge is 0.486 e. The minimum Gasteiger partial charge on any atom is -0.486 e. The summed E-state index contributed by atoms with van der Waals surface area (Å²) in [4.78, 5) is 23.0. The van der Waals surface area contributed by atoms with Crippen molar-refractivity contribution in [1.82, 2.24) is 5.32 Å². The maximum absolute atomic E-state index is 11.6. The van der Waals surface area contributed by atoms with Crippen LogP contribution in [-0.4, -0.2) is 31.6 Å². The second kappa shape index (κ2) is 6.08. The van der Waals surface area contributed by atoms with E-state index >= 15 is 0 Å². The van der Waals surface area contributed by atoms with Gasteiger partial charge in [0.25, 0.3) is 0 Å². The van der Waals surface area contributed by atoms with Crippen molar-refractivity contribution in [1.29, 1.82) is 0 Å². The minimum absolute atomic E-state index is 0.474. The van der Waals surface area contributed by atoms with Crippen LogP contribution in [0.5, 0.6) is 11.5 Å². The van der Waals surface area contributed by atoms with Crippen LogP contribution in [0.15, 0.2) is 18.2 Å². The standard InChI is InChI=1S/C13H16N2O4/c1-2-5-14-12(16)13(17)15-9-3-4-10-11(8-9)19-7-6-18-10/h3-4,8H,2,5-7H2,1H3,(H,14,16)(H,15,17). The second-order valence-electron chi connectivity index (χ2n) is 4.07. The average Bonchev–Trinajstić information content (AvgIpc) is 2.44. The quantitative estimate of drug-likeness (QED) is 0.796. The molecular weight excluding hydrogens is 248 g/mol. The van der Waals surface area contributed by atoms with E-state index in [4.69, 9.17) is 9.47 Å². The van der Waals surface area contributed by atoms with Crippen molar-refractivity contribution in [2.24, 2.45) is 0 Å². The van der Waals surface area contributed by atoms with E-state index in [0.29, 0.717) is 36.9 Å². The van der Waals surface area contributed by atoms with E-state index in [9.17, 15) is 9.59 Å². The predicted molar refractivity (Wildman–Crippen MR) is 69.4 cm³/mol. The van der Waals surface area contributed by atoms with Crippen molar-refractivity contribution in [3.8, 4) is 11.5 Å². The highest BCUT2D eigenvalue weighted by Gasteiger charge is 2.16. The lowest BCUT2D eigenvalue weighted by Crippen LogP contribution is -2.35. The van der Waals surface area contributed by atoms with Gasteiger partial charge in [-0.3, -0.25) is 9.59 Å². The molecule has 1 heterocycles. The zero-order chi connectivity index (χ0) is 13.7. The maximum atomic E-state index is 11.6. The zero-order valence-electron chi connectivity index (χ0n) is 10.7. The Labute approximate surface area is 111 Å². The molecule has 0 aliphatic carbocycles. The summed E-state index contributed by atoms with van der Waals surface area (Å²) in [6, 6.07) is 5.01. The molecule has 0 fully saturated rings. The summed E-state index contributed by atoms with van der Waals surface area (Å²) in [5.41, 5.74) is 0.501. The first-order valence-electron chi connectivity index (χ1n) is 6.19. The van der Waals surface area contributed by atoms with E-state index in [-0.39, 0.29) is 0 Å². The molecule has 0 aromatic heterocycles. The van der Waals surface area contributed by atoms with Crippen LogP contribution < -0.4 is 20.1 Å². The molecule has 0 atom stereocenters. The van der Waals surface area contributed by atoms with Gasteiger partial charge in [-0.25, -0.2) is 0 Å². The molecule has 1 aromatic carbocycles. The maximum Gasteiger partial charge on any atom is 0.313 e. The molecule has 0 radical (unpaired) electrons. The number of hydrogen-bond donors (Lipinski definition) is 2. The normalized spacial score (nSPS) is 12.7. The Hall–Kier alpha value is -2.24. The van der Waals surface area contributed by atoms with Crippen molar-refractivity contribution in [3.63, 3.8) is 0 Å². The van der Waals surface area contributed by atoms with Gasteiger partial charge < -0.3 is 20.1 Å². The van der Waals surface area contributed by atoms with Gasteiger partial charge in [0.2, 0.25) is 0 Å². The summed E-state index contributed by atoms with van der Waals surface area (Å²) in [5, 5.41) is 5.02. The van der Waals surface area contributed by atoms with Crippen molar-refractivity contribution in [2.45, 2.75) is 13.3 Å². The Balaban J connectivity index is 1.99. The Morgan fingerprint density at radius 2 is 1.89 bits per heavy atom. The fourth-order valence-electron chi connectivity index (χ4n) is 1.63. The third-order valence-electron chi connectivity index (χ3n) is 2.54. The molecule has 0 saturated heterocycles. The fourth-order valence-corrected chi connectivity index (χ4v) is 1.63. The molecule has 0 unspecified atom stereocenters. The highest BCUT2D eigenvalue weighted by atomic mass is 16.6. The highest BCUT2D eigenvalue weighted by Crippen LogP contribution is 2.32. The molecule has 0 bridgehead atoms. The van der Waals surface area contributed by atoms with E-state index in [2.05, 4.69) is 10.6 Å². The first kappa shape index (κ1) is 13.2. The van der Waals surface area contributed by atoms with Crippen LogP contribution in [0.1, 0.15) is 13.3 Å². The number of ether oxygens (including phenoxy) is 2. The van der Waals surface area contributed by atoms with Gasteiger partial charge in [0.15, 0.2) is 11.5 Å². The molecule has 19 heavy (non-hydrogen) atoms. The Kier molecular flexibility index (Phi) is 4.22. The third kappa shape index (κ3) is 3.37. The summed E-state index contributed by atoms with van der Waals surface area (Å²) in [7, 11) is 0. The van der Waals surface area contributed by atoms with Gasteiger partial charge in [-0.2, -0.15) is 0 Å². The number of benzene rings is 1. The van der Waals surface area contributed by atoms with Crippen molar-refractivity contribution in [3.05, 3.63) is 18.2 Å². The van der Waals surface area contributed by atoms with E-state index < -0.39 is 11.8 Å². The molecule has 6 nitrogen and oxygen atoms in total. The summed E-state index contributed by atoms with van der Waals surface area (Å²) in [6.45, 7) is 3.38. The van der Waals surface area contributed by atoms with Crippen LogP contribution in [-0.2, 0) is 9.59 Å². The molecule has 2 N–H and O–H groups in total. The molecule has 2 rings (SSSR count). The minimum atomic E-state index is -0.690. The van der Waals surface area contributed by atoms with Gasteiger partial charge in [-0.15, -0.1) is 0 Å². The van der Waals surface area contributed by atoms with Crippen LogP contribution in [0.25, 0.3) is 0 Å². The number of carbonyl (C=O) groups is 2. The topological polar surface area (TPSA) is 76.7 Å². The summed E-state index contributed by atoms with van der Waals surface area (Å²) in [6.07, 6.45) is 0.781. The van der Waals surface area contributed by atoms with Crippen LogP contribution >= 0.6 is 0 Å². The highest BCUT2D eigenvalue weighted by molar-refractivity contribution is 6.39. The molecule has 0 saturated carbocycles. The number of fused-ring (bicyclic) bond motifs is 1. The lowest BCUT2D eigenvalue weighted by molar-refractivity contribution is -0.136. The molecule has 1 aliphatic heterocycles. The van der Waals surface area contributed by atoms with Crippen LogP contribution in [0.2, 0.25) is 0 Å². The zero-order valence-corrected chi connectivity index (χ0v) is 10.7. The summed E-state index contributed by atoms with van der Waals surface area (Å²) >= 11 is 0. The number of amides is 2. The van der Waals surface area contributed by atoms with Gasteiger partial charge in [-0.1, -0.05) is 6.92 Å². The smallest absolute Gasteiger partial charge is 0.313 e. The number of nitrogens with one attached hydrogen (secondary N) is 2.